The largest absolute Gasteiger partial charge is 0.462 e. The molecule has 6 heteroatoms. The van der Waals surface area contributed by atoms with Gasteiger partial charge in [-0.3, -0.25) is 14.4 Å². The first-order chi connectivity index (χ1) is 27.9. The number of carbonyl (C=O) groups is 3. The van der Waals surface area contributed by atoms with Gasteiger partial charge in [0.1, 0.15) is 13.2 Å². The summed E-state index contributed by atoms with van der Waals surface area (Å²) in [7, 11) is 0. The lowest BCUT2D eigenvalue weighted by Gasteiger charge is -2.18. The lowest BCUT2D eigenvalue weighted by atomic mass is 10.0. The van der Waals surface area contributed by atoms with Gasteiger partial charge in [0.05, 0.1) is 0 Å². The zero-order valence-corrected chi connectivity index (χ0v) is 38.8. The molecule has 0 unspecified atom stereocenters. The van der Waals surface area contributed by atoms with Crippen molar-refractivity contribution in [2.45, 2.75) is 291 Å². The quantitative estimate of drug-likeness (QED) is 0.0346. The Kier molecular flexibility index (Phi) is 44.2. The molecule has 0 heterocycles. The Bertz CT molecular complexity index is 857. The van der Waals surface area contributed by atoms with E-state index in [2.05, 4.69) is 27.7 Å². The third kappa shape index (κ3) is 45.3. The van der Waals surface area contributed by atoms with E-state index in [4.69, 9.17) is 14.2 Å². The van der Waals surface area contributed by atoms with E-state index in [0.717, 1.165) is 63.7 Å². The van der Waals surface area contributed by atoms with Crippen molar-refractivity contribution in [1.29, 1.82) is 0 Å². The van der Waals surface area contributed by atoms with Crippen LogP contribution in [0.25, 0.3) is 0 Å². The smallest absolute Gasteiger partial charge is 0.306 e. The summed E-state index contributed by atoms with van der Waals surface area (Å²) in [6.45, 7) is 9.01. The molecule has 0 radical (unpaired) electrons. The van der Waals surface area contributed by atoms with Crippen molar-refractivity contribution in [2.24, 2.45) is 5.92 Å². The molecule has 0 N–H and O–H groups in total. The van der Waals surface area contributed by atoms with Crippen molar-refractivity contribution in [3.8, 4) is 0 Å². The first-order valence-corrected chi connectivity index (χ1v) is 25.4. The molecule has 0 aromatic rings. The molecule has 0 aliphatic carbocycles. The minimum absolute atomic E-state index is 0.0629. The normalized spacial score (nSPS) is 11.9. The maximum Gasteiger partial charge on any atom is 0.306 e. The first-order valence-electron chi connectivity index (χ1n) is 25.4. The average molecular weight is 807 g/mol. The highest BCUT2D eigenvalue weighted by atomic mass is 16.6. The summed E-state index contributed by atoms with van der Waals surface area (Å²) in [5.41, 5.74) is 0. The van der Waals surface area contributed by atoms with E-state index in [-0.39, 0.29) is 31.1 Å². The monoisotopic (exact) mass is 807 g/mol. The fraction of sp³-hybridized carbons (Fsp3) is 0.941. The number of unbranched alkanes of at least 4 members (excludes halogenated alkanes) is 33. The summed E-state index contributed by atoms with van der Waals surface area (Å²) in [4.78, 5) is 37.9. The highest BCUT2D eigenvalue weighted by Crippen LogP contribution is 2.17. The summed E-state index contributed by atoms with van der Waals surface area (Å²) < 4.78 is 16.8. The molecule has 338 valence electrons. The first kappa shape index (κ1) is 55.4. The van der Waals surface area contributed by atoms with Crippen molar-refractivity contribution in [2.75, 3.05) is 13.2 Å². The van der Waals surface area contributed by atoms with E-state index >= 15 is 0 Å². The van der Waals surface area contributed by atoms with Crippen molar-refractivity contribution in [3.63, 3.8) is 0 Å². The van der Waals surface area contributed by atoms with Gasteiger partial charge < -0.3 is 14.2 Å². The zero-order valence-electron chi connectivity index (χ0n) is 38.8. The molecule has 0 spiro atoms. The van der Waals surface area contributed by atoms with Crippen LogP contribution in [-0.2, 0) is 28.6 Å². The van der Waals surface area contributed by atoms with Gasteiger partial charge in [0.25, 0.3) is 0 Å². The van der Waals surface area contributed by atoms with Crippen LogP contribution in [0.3, 0.4) is 0 Å². The van der Waals surface area contributed by atoms with Crippen LogP contribution in [0.1, 0.15) is 285 Å². The Hall–Kier alpha value is -1.59. The maximum atomic E-state index is 12.8. The SMILES string of the molecule is CCCCCCCCCCCCCCCC(=O)OC[C@H](COC(=O)CCCCCCCCCCCCC(C)C)OC(=O)CCCCCCCCCCCCCCC. The van der Waals surface area contributed by atoms with Crippen LogP contribution in [0.15, 0.2) is 0 Å². The predicted octanol–water partition coefficient (Wildman–Crippen LogP) is 16.3. The molecular weight excluding hydrogens is 709 g/mol. The highest BCUT2D eigenvalue weighted by molar-refractivity contribution is 5.71. The van der Waals surface area contributed by atoms with Gasteiger partial charge in [0.15, 0.2) is 6.10 Å². The second-order valence-electron chi connectivity index (χ2n) is 17.9. The molecule has 0 aliphatic heterocycles. The van der Waals surface area contributed by atoms with E-state index in [1.807, 2.05) is 0 Å². The van der Waals surface area contributed by atoms with Crippen LogP contribution >= 0.6 is 0 Å². The lowest BCUT2D eigenvalue weighted by Crippen LogP contribution is -2.30. The number of ether oxygens (including phenoxy) is 3. The van der Waals surface area contributed by atoms with E-state index in [1.165, 1.54) is 180 Å². The molecular formula is C51H98O6. The summed E-state index contributed by atoms with van der Waals surface area (Å²) in [6, 6.07) is 0. The van der Waals surface area contributed by atoms with Crippen LogP contribution in [0.4, 0.5) is 0 Å². The van der Waals surface area contributed by atoms with Crippen LogP contribution in [-0.4, -0.2) is 37.2 Å². The van der Waals surface area contributed by atoms with Crippen LogP contribution in [0.5, 0.6) is 0 Å². The van der Waals surface area contributed by atoms with E-state index in [9.17, 15) is 14.4 Å². The van der Waals surface area contributed by atoms with Gasteiger partial charge in [-0.1, -0.05) is 246 Å². The Morgan fingerprint density at radius 1 is 0.333 bits per heavy atom. The van der Waals surface area contributed by atoms with Crippen molar-refractivity contribution in [1.82, 2.24) is 0 Å². The second kappa shape index (κ2) is 45.5. The van der Waals surface area contributed by atoms with Crippen molar-refractivity contribution < 1.29 is 28.6 Å². The lowest BCUT2D eigenvalue weighted by molar-refractivity contribution is -0.167. The third-order valence-electron chi connectivity index (χ3n) is 11.5. The molecule has 0 fully saturated rings. The average Bonchev–Trinajstić information content (AvgIpc) is 3.19. The Morgan fingerprint density at radius 3 is 0.860 bits per heavy atom. The van der Waals surface area contributed by atoms with E-state index in [1.54, 1.807) is 0 Å². The molecule has 0 aromatic carbocycles. The van der Waals surface area contributed by atoms with Gasteiger partial charge in [0.2, 0.25) is 0 Å². The minimum Gasteiger partial charge on any atom is -0.462 e. The molecule has 0 saturated heterocycles. The summed E-state index contributed by atoms with van der Waals surface area (Å²) in [5, 5.41) is 0. The van der Waals surface area contributed by atoms with Gasteiger partial charge >= 0.3 is 17.9 Å². The number of carbonyl (C=O) groups excluding carboxylic acids is 3. The van der Waals surface area contributed by atoms with Crippen molar-refractivity contribution >= 4 is 17.9 Å². The Morgan fingerprint density at radius 2 is 0.579 bits per heavy atom. The molecule has 1 atom stereocenters. The summed E-state index contributed by atoms with van der Waals surface area (Å²) in [6.07, 6.45) is 46.5. The molecule has 0 bridgehead atoms. The fourth-order valence-corrected chi connectivity index (χ4v) is 7.69. The van der Waals surface area contributed by atoms with Gasteiger partial charge in [-0.15, -0.1) is 0 Å². The molecule has 0 aromatic heterocycles. The third-order valence-corrected chi connectivity index (χ3v) is 11.5. The number of hydrogen-bond acceptors (Lipinski definition) is 6. The fourth-order valence-electron chi connectivity index (χ4n) is 7.69. The molecule has 0 saturated carbocycles. The Balaban J connectivity index is 4.32. The summed E-state index contributed by atoms with van der Waals surface area (Å²) >= 11 is 0. The number of esters is 3. The van der Waals surface area contributed by atoms with Crippen molar-refractivity contribution in [3.05, 3.63) is 0 Å². The standard InChI is InChI=1S/C51H98O6/c1-5-7-9-11-13-15-17-19-21-26-30-34-38-42-49(52)55-45-48(57-51(54)44-40-36-32-28-22-20-18-16-14-12-10-8-6-2)46-56-50(53)43-39-35-31-27-24-23-25-29-33-37-41-47(3)4/h47-48H,5-46H2,1-4H3/t48-/m1/s1. The molecule has 0 amide bonds. The minimum atomic E-state index is -0.760. The topological polar surface area (TPSA) is 78.9 Å². The van der Waals surface area contributed by atoms with Crippen LogP contribution in [0, 0.1) is 5.92 Å². The zero-order chi connectivity index (χ0) is 41.7. The van der Waals surface area contributed by atoms with Gasteiger partial charge in [-0.25, -0.2) is 0 Å². The Labute approximate surface area is 355 Å². The van der Waals surface area contributed by atoms with Gasteiger partial charge in [0, 0.05) is 19.3 Å². The van der Waals surface area contributed by atoms with Crippen LogP contribution < -0.4 is 0 Å². The van der Waals surface area contributed by atoms with Crippen LogP contribution in [0.2, 0.25) is 0 Å². The van der Waals surface area contributed by atoms with Gasteiger partial charge in [-0.2, -0.15) is 0 Å². The predicted molar refractivity (Wildman–Crippen MR) is 243 cm³/mol. The van der Waals surface area contributed by atoms with Gasteiger partial charge in [-0.05, 0) is 25.2 Å². The van der Waals surface area contributed by atoms with E-state index < -0.39 is 6.10 Å². The summed E-state index contributed by atoms with van der Waals surface area (Å²) in [5.74, 6) is -0.0272. The highest BCUT2D eigenvalue weighted by Gasteiger charge is 2.19. The number of rotatable bonds is 46. The molecule has 57 heavy (non-hydrogen) atoms. The molecule has 6 nitrogen and oxygen atoms in total. The maximum absolute atomic E-state index is 12.8. The molecule has 0 rings (SSSR count). The van der Waals surface area contributed by atoms with E-state index in [0.29, 0.717) is 19.3 Å². The second-order valence-corrected chi connectivity index (χ2v) is 17.9. The molecule has 0 aliphatic rings. The number of hydrogen-bond donors (Lipinski definition) is 0.